The minimum Gasteiger partial charge on any atom is -0.0886 e. The van der Waals surface area contributed by atoms with E-state index in [1.54, 1.807) is 0 Å². The maximum atomic E-state index is 2.67. The summed E-state index contributed by atoms with van der Waals surface area (Å²) in [5, 5.41) is 0. The molecular weight excluding hydrogens is 550 g/mol. The van der Waals surface area contributed by atoms with Gasteiger partial charge in [0.25, 0.3) is 0 Å². The molecule has 0 saturated heterocycles. The molecular formula is C44H56B2. The highest BCUT2D eigenvalue weighted by atomic mass is 14.5. The van der Waals surface area contributed by atoms with Crippen molar-refractivity contribution in [2.75, 3.05) is 0 Å². The summed E-state index contributed by atoms with van der Waals surface area (Å²) in [6.45, 7) is 14.5. The van der Waals surface area contributed by atoms with Crippen LogP contribution in [0.25, 0.3) is 22.3 Å². The Labute approximate surface area is 282 Å². The SMILES string of the molecule is Bc1ccc2c(c1)C1(c3cc(B)ccc3-2)c2cc(C(C)(CC)CCCCC)ccc2-c2ccc(C(C)(CC)CCCCCC)cc21. The quantitative estimate of drug-likeness (QED) is 0.0908. The second-order valence-corrected chi connectivity index (χ2v) is 15.5. The molecule has 0 heterocycles. The summed E-state index contributed by atoms with van der Waals surface area (Å²) in [5.74, 6) is 0. The van der Waals surface area contributed by atoms with Gasteiger partial charge >= 0.3 is 0 Å². The van der Waals surface area contributed by atoms with Crippen molar-refractivity contribution in [1.82, 2.24) is 0 Å². The third kappa shape index (κ3) is 5.23. The number of hydrogen-bond donors (Lipinski definition) is 0. The van der Waals surface area contributed by atoms with Crippen molar-refractivity contribution in [1.29, 1.82) is 0 Å². The fraction of sp³-hybridized carbons (Fsp3) is 0.455. The lowest BCUT2D eigenvalue weighted by Crippen LogP contribution is -2.30. The Balaban J connectivity index is 1.63. The van der Waals surface area contributed by atoms with Gasteiger partial charge in [0, 0.05) is 0 Å². The molecule has 2 aliphatic rings. The molecule has 46 heavy (non-hydrogen) atoms. The van der Waals surface area contributed by atoms with Gasteiger partial charge in [-0.05, 0) is 92.1 Å². The van der Waals surface area contributed by atoms with Gasteiger partial charge in [-0.1, -0.05) is 170 Å². The first-order valence-corrected chi connectivity index (χ1v) is 18.7. The van der Waals surface area contributed by atoms with Crippen molar-refractivity contribution in [3.05, 3.63) is 106 Å². The van der Waals surface area contributed by atoms with Crippen LogP contribution >= 0.6 is 0 Å². The number of hydrogen-bond acceptors (Lipinski definition) is 0. The van der Waals surface area contributed by atoms with Crippen molar-refractivity contribution >= 4 is 26.6 Å². The molecule has 4 aromatic carbocycles. The lowest BCUT2D eigenvalue weighted by molar-refractivity contribution is 0.395. The van der Waals surface area contributed by atoms with Gasteiger partial charge in [0.15, 0.2) is 0 Å². The fourth-order valence-corrected chi connectivity index (χ4v) is 8.96. The number of rotatable bonds is 13. The highest BCUT2D eigenvalue weighted by Gasteiger charge is 2.52. The maximum Gasteiger partial charge on any atom is 0.139 e. The van der Waals surface area contributed by atoms with Crippen LogP contribution < -0.4 is 10.9 Å². The van der Waals surface area contributed by atoms with E-state index >= 15 is 0 Å². The van der Waals surface area contributed by atoms with E-state index in [1.165, 1.54) is 131 Å². The molecule has 4 aromatic rings. The van der Waals surface area contributed by atoms with Gasteiger partial charge in [0.2, 0.25) is 0 Å². The molecule has 2 heteroatoms. The molecule has 0 saturated carbocycles. The van der Waals surface area contributed by atoms with Crippen LogP contribution in [-0.4, -0.2) is 15.7 Å². The van der Waals surface area contributed by atoms with Gasteiger partial charge in [0.05, 0.1) is 5.41 Å². The van der Waals surface area contributed by atoms with Gasteiger partial charge < -0.3 is 0 Å². The predicted molar refractivity (Wildman–Crippen MR) is 207 cm³/mol. The van der Waals surface area contributed by atoms with E-state index in [4.69, 9.17) is 0 Å². The Hall–Kier alpha value is -2.99. The largest absolute Gasteiger partial charge is 0.139 e. The minimum absolute atomic E-state index is 0.174. The Morgan fingerprint density at radius 3 is 1.26 bits per heavy atom. The normalized spacial score (nSPS) is 16.4. The molecule has 2 aliphatic carbocycles. The number of unbranched alkanes of at least 4 members (excludes halogenated alkanes) is 5. The van der Waals surface area contributed by atoms with E-state index in [0.717, 1.165) is 6.42 Å². The maximum absolute atomic E-state index is 2.67. The summed E-state index contributed by atoms with van der Waals surface area (Å²) in [7, 11) is 4.55. The molecule has 6 rings (SSSR count). The number of benzene rings is 4. The highest BCUT2D eigenvalue weighted by molar-refractivity contribution is 6.33. The van der Waals surface area contributed by atoms with Crippen LogP contribution in [0, 0.1) is 0 Å². The van der Waals surface area contributed by atoms with Crippen LogP contribution in [0.15, 0.2) is 72.8 Å². The molecule has 0 aromatic heterocycles. The summed E-state index contributed by atoms with van der Waals surface area (Å²) < 4.78 is 0. The fourth-order valence-electron chi connectivity index (χ4n) is 8.96. The predicted octanol–water partition coefficient (Wildman–Crippen LogP) is 9.43. The zero-order chi connectivity index (χ0) is 32.7. The van der Waals surface area contributed by atoms with E-state index in [2.05, 4.69) is 130 Å². The molecule has 0 aliphatic heterocycles. The first-order chi connectivity index (χ1) is 22.2. The summed E-state index contributed by atoms with van der Waals surface area (Å²) >= 11 is 0. The second kappa shape index (κ2) is 12.9. The average Bonchev–Trinajstić information content (AvgIpc) is 3.52. The van der Waals surface area contributed by atoms with Crippen LogP contribution in [0.1, 0.15) is 146 Å². The zero-order valence-corrected chi connectivity index (χ0v) is 30.2. The van der Waals surface area contributed by atoms with E-state index in [9.17, 15) is 0 Å². The summed E-state index contributed by atoms with van der Waals surface area (Å²) in [5.41, 5.74) is 17.4. The summed E-state index contributed by atoms with van der Waals surface area (Å²) in [4.78, 5) is 0. The van der Waals surface area contributed by atoms with Crippen LogP contribution in [0.2, 0.25) is 0 Å². The Morgan fingerprint density at radius 2 is 0.848 bits per heavy atom. The van der Waals surface area contributed by atoms with Crippen molar-refractivity contribution in [3.8, 4) is 22.3 Å². The van der Waals surface area contributed by atoms with Gasteiger partial charge in [0.1, 0.15) is 15.7 Å². The van der Waals surface area contributed by atoms with Crippen molar-refractivity contribution in [2.45, 2.75) is 128 Å². The molecule has 0 fully saturated rings. The topological polar surface area (TPSA) is 0 Å². The van der Waals surface area contributed by atoms with Crippen LogP contribution in [0.3, 0.4) is 0 Å². The second-order valence-electron chi connectivity index (χ2n) is 15.5. The van der Waals surface area contributed by atoms with Gasteiger partial charge in [-0.3, -0.25) is 0 Å². The van der Waals surface area contributed by atoms with E-state index in [0.29, 0.717) is 0 Å². The Morgan fingerprint density at radius 1 is 0.478 bits per heavy atom. The monoisotopic (exact) mass is 606 g/mol. The Kier molecular flexibility index (Phi) is 9.23. The average molecular weight is 607 g/mol. The molecule has 0 radical (unpaired) electrons. The first-order valence-electron chi connectivity index (χ1n) is 18.7. The van der Waals surface area contributed by atoms with Crippen molar-refractivity contribution in [3.63, 3.8) is 0 Å². The molecule has 2 atom stereocenters. The first kappa shape index (κ1) is 32.9. The van der Waals surface area contributed by atoms with E-state index in [-0.39, 0.29) is 16.2 Å². The van der Waals surface area contributed by atoms with E-state index < -0.39 is 0 Å². The smallest absolute Gasteiger partial charge is 0.0886 e. The van der Waals surface area contributed by atoms with Crippen LogP contribution in [0.5, 0.6) is 0 Å². The third-order valence-electron chi connectivity index (χ3n) is 12.5. The lowest BCUT2D eigenvalue weighted by atomic mass is 9.66. The van der Waals surface area contributed by atoms with Crippen molar-refractivity contribution < 1.29 is 0 Å². The highest BCUT2D eigenvalue weighted by Crippen LogP contribution is 2.63. The zero-order valence-electron chi connectivity index (χ0n) is 30.2. The van der Waals surface area contributed by atoms with E-state index in [1.807, 2.05) is 0 Å². The molecule has 2 unspecified atom stereocenters. The van der Waals surface area contributed by atoms with Crippen LogP contribution in [-0.2, 0) is 16.2 Å². The number of fused-ring (bicyclic) bond motifs is 10. The minimum atomic E-state index is -0.297. The van der Waals surface area contributed by atoms with Gasteiger partial charge in [-0.15, -0.1) is 0 Å². The molecule has 0 amide bonds. The lowest BCUT2D eigenvalue weighted by Gasteiger charge is -2.35. The summed E-state index contributed by atoms with van der Waals surface area (Å²) in [6.07, 6.45) is 14.0. The molecule has 238 valence electrons. The summed E-state index contributed by atoms with van der Waals surface area (Å²) in [6, 6.07) is 29.8. The standard InChI is InChI=1S/C44H56B2/c1-7-11-13-15-25-43(6,10-4)31-17-21-35-34-20-16-30(42(5,9-3)24-14-12-8-2)26-38(34)44(39(35)27-31)40-28-32(45)18-22-36(40)37-23-19-33(46)29-41(37)44/h16-23,26-29H,7-15,24-25,45-46H2,1-6H3. The van der Waals surface area contributed by atoms with Gasteiger partial charge in [-0.2, -0.15) is 0 Å². The molecule has 1 spiro atoms. The van der Waals surface area contributed by atoms with Gasteiger partial charge in [-0.25, -0.2) is 0 Å². The Bertz CT molecular complexity index is 1680. The van der Waals surface area contributed by atoms with Crippen molar-refractivity contribution in [2.24, 2.45) is 0 Å². The third-order valence-corrected chi connectivity index (χ3v) is 12.5. The molecule has 0 bridgehead atoms. The molecule has 0 nitrogen and oxygen atoms in total. The molecule has 0 N–H and O–H groups in total. The van der Waals surface area contributed by atoms with Crippen LogP contribution in [0.4, 0.5) is 0 Å².